The molecule has 2 aromatic rings. The van der Waals surface area contributed by atoms with Gasteiger partial charge in [0.05, 0.1) is 7.11 Å². The van der Waals surface area contributed by atoms with Gasteiger partial charge in [-0.1, -0.05) is 18.1 Å². The molecular weight excluding hydrogens is 352 g/mol. The average molecular weight is 374 g/mol. The van der Waals surface area contributed by atoms with Crippen molar-refractivity contribution in [3.05, 3.63) is 41.5 Å². The SMILES string of the molecule is CCc1noc(CCCC(=O)Nc2cccc(C(=O)NCC(=O)OC)c2)n1. The Morgan fingerprint density at radius 3 is 2.78 bits per heavy atom. The number of aromatic nitrogens is 2. The van der Waals surface area contributed by atoms with E-state index >= 15 is 0 Å². The number of benzene rings is 1. The Morgan fingerprint density at radius 2 is 2.07 bits per heavy atom. The first-order valence-corrected chi connectivity index (χ1v) is 8.58. The van der Waals surface area contributed by atoms with Crippen molar-refractivity contribution >= 4 is 23.5 Å². The van der Waals surface area contributed by atoms with Crippen molar-refractivity contribution < 1.29 is 23.6 Å². The molecule has 0 bridgehead atoms. The van der Waals surface area contributed by atoms with Gasteiger partial charge >= 0.3 is 5.97 Å². The molecule has 0 unspecified atom stereocenters. The Bertz CT molecular complexity index is 803. The molecule has 0 fully saturated rings. The minimum absolute atomic E-state index is 0.183. The molecule has 9 nitrogen and oxygen atoms in total. The molecule has 27 heavy (non-hydrogen) atoms. The van der Waals surface area contributed by atoms with Gasteiger partial charge in [-0.3, -0.25) is 14.4 Å². The van der Waals surface area contributed by atoms with Crippen LogP contribution in [0.25, 0.3) is 0 Å². The fraction of sp³-hybridized carbons (Fsp3) is 0.389. The zero-order chi connectivity index (χ0) is 19.6. The lowest BCUT2D eigenvalue weighted by Gasteiger charge is -2.08. The van der Waals surface area contributed by atoms with Gasteiger partial charge in [0.25, 0.3) is 5.91 Å². The van der Waals surface area contributed by atoms with Gasteiger partial charge in [0, 0.05) is 30.5 Å². The highest BCUT2D eigenvalue weighted by Crippen LogP contribution is 2.12. The number of hydrogen-bond acceptors (Lipinski definition) is 7. The number of methoxy groups -OCH3 is 1. The van der Waals surface area contributed by atoms with E-state index in [0.29, 0.717) is 42.2 Å². The van der Waals surface area contributed by atoms with Crippen LogP contribution in [0.15, 0.2) is 28.8 Å². The fourth-order valence-corrected chi connectivity index (χ4v) is 2.22. The molecule has 0 saturated carbocycles. The lowest BCUT2D eigenvalue weighted by Crippen LogP contribution is -2.30. The summed E-state index contributed by atoms with van der Waals surface area (Å²) in [5.41, 5.74) is 0.825. The van der Waals surface area contributed by atoms with E-state index in [-0.39, 0.29) is 18.9 Å². The molecule has 0 radical (unpaired) electrons. The third-order valence-corrected chi connectivity index (χ3v) is 3.65. The van der Waals surface area contributed by atoms with Gasteiger partial charge in [-0.05, 0) is 24.6 Å². The number of nitrogens with one attached hydrogen (secondary N) is 2. The molecule has 2 amide bonds. The summed E-state index contributed by atoms with van der Waals surface area (Å²) in [6.45, 7) is 1.72. The third kappa shape index (κ3) is 6.53. The van der Waals surface area contributed by atoms with Crippen LogP contribution in [-0.4, -0.2) is 41.6 Å². The zero-order valence-electron chi connectivity index (χ0n) is 15.3. The number of ether oxygens (including phenoxy) is 1. The van der Waals surface area contributed by atoms with Crippen LogP contribution in [0.4, 0.5) is 5.69 Å². The number of carbonyl (C=O) groups is 3. The van der Waals surface area contributed by atoms with Crippen molar-refractivity contribution in [2.75, 3.05) is 19.0 Å². The van der Waals surface area contributed by atoms with Gasteiger partial charge in [-0.15, -0.1) is 0 Å². The standard InChI is InChI=1S/C18H22N4O5/c1-3-14-21-16(27-22-14)9-5-8-15(23)20-13-7-4-6-12(10-13)18(25)19-11-17(24)26-2/h4,6-7,10H,3,5,8-9,11H2,1-2H3,(H,19,25)(H,20,23). The van der Waals surface area contributed by atoms with E-state index in [1.807, 2.05) is 6.92 Å². The molecule has 0 aliphatic rings. The summed E-state index contributed by atoms with van der Waals surface area (Å²) < 4.78 is 9.54. The van der Waals surface area contributed by atoms with Crippen molar-refractivity contribution in [2.24, 2.45) is 0 Å². The van der Waals surface area contributed by atoms with Gasteiger partial charge in [0.1, 0.15) is 6.54 Å². The van der Waals surface area contributed by atoms with E-state index in [1.165, 1.54) is 13.2 Å². The number of esters is 1. The Kier molecular flexibility index (Phi) is 7.48. The number of aryl methyl sites for hydroxylation is 2. The summed E-state index contributed by atoms with van der Waals surface area (Å²) in [7, 11) is 1.24. The van der Waals surface area contributed by atoms with Crippen LogP contribution in [0.3, 0.4) is 0 Å². The summed E-state index contributed by atoms with van der Waals surface area (Å²) in [4.78, 5) is 39.3. The van der Waals surface area contributed by atoms with Crippen molar-refractivity contribution in [3.8, 4) is 0 Å². The largest absolute Gasteiger partial charge is 0.468 e. The molecule has 9 heteroatoms. The van der Waals surface area contributed by atoms with Crippen LogP contribution in [0.1, 0.15) is 41.8 Å². The van der Waals surface area contributed by atoms with Crippen molar-refractivity contribution in [1.82, 2.24) is 15.5 Å². The molecule has 1 aromatic carbocycles. The lowest BCUT2D eigenvalue weighted by molar-refractivity contribution is -0.139. The second-order valence-corrected chi connectivity index (χ2v) is 5.70. The maximum Gasteiger partial charge on any atom is 0.325 e. The fourth-order valence-electron chi connectivity index (χ4n) is 2.22. The number of hydrogen-bond donors (Lipinski definition) is 2. The number of amides is 2. The van der Waals surface area contributed by atoms with Crippen LogP contribution in [0, 0.1) is 0 Å². The third-order valence-electron chi connectivity index (χ3n) is 3.65. The summed E-state index contributed by atoms with van der Waals surface area (Å²) in [5.74, 6) is 0.0118. The second kappa shape index (κ2) is 10.0. The predicted octanol–water partition coefficient (Wildman–Crippen LogP) is 1.50. The van der Waals surface area contributed by atoms with E-state index < -0.39 is 11.9 Å². The van der Waals surface area contributed by atoms with E-state index in [4.69, 9.17) is 4.52 Å². The predicted molar refractivity (Wildman–Crippen MR) is 96.0 cm³/mol. The highest BCUT2D eigenvalue weighted by atomic mass is 16.5. The summed E-state index contributed by atoms with van der Waals surface area (Å²) in [5, 5.41) is 8.98. The van der Waals surface area contributed by atoms with Crippen LogP contribution in [0.2, 0.25) is 0 Å². The van der Waals surface area contributed by atoms with Crippen LogP contribution in [0.5, 0.6) is 0 Å². The Morgan fingerprint density at radius 1 is 1.26 bits per heavy atom. The van der Waals surface area contributed by atoms with Gasteiger partial charge in [0.2, 0.25) is 11.8 Å². The molecule has 1 heterocycles. The molecule has 2 N–H and O–H groups in total. The summed E-state index contributed by atoms with van der Waals surface area (Å²) in [6, 6.07) is 6.45. The topological polar surface area (TPSA) is 123 Å². The van der Waals surface area contributed by atoms with Gasteiger partial charge in [-0.2, -0.15) is 4.98 Å². The number of carbonyl (C=O) groups excluding carboxylic acids is 3. The number of nitrogens with zero attached hydrogens (tertiary/aromatic N) is 2. The molecule has 1 aromatic heterocycles. The molecule has 0 aliphatic heterocycles. The quantitative estimate of drug-likeness (QED) is 0.637. The molecule has 0 saturated heterocycles. The van der Waals surface area contributed by atoms with Gasteiger partial charge < -0.3 is 19.9 Å². The first kappa shape index (κ1) is 20.1. The molecule has 0 atom stereocenters. The highest BCUT2D eigenvalue weighted by Gasteiger charge is 2.10. The molecule has 144 valence electrons. The van der Waals surface area contributed by atoms with Crippen molar-refractivity contribution in [3.63, 3.8) is 0 Å². The Balaban J connectivity index is 1.81. The lowest BCUT2D eigenvalue weighted by atomic mass is 10.1. The molecule has 2 rings (SSSR count). The van der Waals surface area contributed by atoms with E-state index in [0.717, 1.165) is 0 Å². The van der Waals surface area contributed by atoms with Gasteiger partial charge in [-0.25, -0.2) is 0 Å². The first-order chi connectivity index (χ1) is 13.0. The smallest absolute Gasteiger partial charge is 0.325 e. The van der Waals surface area contributed by atoms with Gasteiger partial charge in [0.15, 0.2) is 5.82 Å². The van der Waals surface area contributed by atoms with E-state index in [9.17, 15) is 14.4 Å². The van der Waals surface area contributed by atoms with Crippen molar-refractivity contribution in [1.29, 1.82) is 0 Å². The van der Waals surface area contributed by atoms with Crippen LogP contribution < -0.4 is 10.6 Å². The summed E-state index contributed by atoms with van der Waals surface area (Å²) in [6.07, 6.45) is 2.07. The maximum atomic E-state index is 12.1. The molecule has 0 aliphatic carbocycles. The Labute approximate surface area is 156 Å². The molecular formula is C18H22N4O5. The Hall–Kier alpha value is -3.23. The molecule has 0 spiro atoms. The number of rotatable bonds is 9. The first-order valence-electron chi connectivity index (χ1n) is 8.58. The number of anilines is 1. The van der Waals surface area contributed by atoms with Crippen LogP contribution in [-0.2, 0) is 27.2 Å². The maximum absolute atomic E-state index is 12.1. The monoisotopic (exact) mass is 374 g/mol. The van der Waals surface area contributed by atoms with E-state index in [2.05, 4.69) is 25.5 Å². The minimum atomic E-state index is -0.542. The normalized spacial score (nSPS) is 10.3. The zero-order valence-corrected chi connectivity index (χ0v) is 15.3. The van der Waals surface area contributed by atoms with E-state index in [1.54, 1.807) is 18.2 Å². The van der Waals surface area contributed by atoms with Crippen molar-refractivity contribution in [2.45, 2.75) is 32.6 Å². The minimum Gasteiger partial charge on any atom is -0.468 e. The second-order valence-electron chi connectivity index (χ2n) is 5.70. The average Bonchev–Trinajstić information content (AvgIpc) is 3.14. The highest BCUT2D eigenvalue weighted by molar-refractivity contribution is 5.98. The summed E-state index contributed by atoms with van der Waals surface area (Å²) >= 11 is 0. The van der Waals surface area contributed by atoms with Crippen LogP contribution >= 0.6 is 0 Å².